The molecular formula is C11H18O2. The predicted molar refractivity (Wildman–Crippen MR) is 54.7 cm³/mol. The van der Waals surface area contributed by atoms with Crippen LogP contribution in [0.4, 0.5) is 0 Å². The molecule has 0 fully saturated rings. The highest BCUT2D eigenvalue weighted by atomic mass is 16.4. The highest BCUT2D eigenvalue weighted by Crippen LogP contribution is 2.00. The zero-order chi connectivity index (χ0) is 10.1. The SMILES string of the molecule is CCCCCC=C/C=C(/C)C(=O)O. The molecule has 0 aromatic carbocycles. The minimum absolute atomic E-state index is 0.381. The van der Waals surface area contributed by atoms with Crippen molar-refractivity contribution in [3.63, 3.8) is 0 Å². The highest BCUT2D eigenvalue weighted by Gasteiger charge is 1.95. The largest absolute Gasteiger partial charge is 0.478 e. The number of rotatable bonds is 6. The molecule has 13 heavy (non-hydrogen) atoms. The molecule has 1 N–H and O–H groups in total. The minimum Gasteiger partial charge on any atom is -0.478 e. The van der Waals surface area contributed by atoms with Gasteiger partial charge in [0.15, 0.2) is 0 Å². The summed E-state index contributed by atoms with van der Waals surface area (Å²) in [5, 5.41) is 8.52. The lowest BCUT2D eigenvalue weighted by Crippen LogP contribution is -1.94. The molecule has 2 nitrogen and oxygen atoms in total. The molecule has 0 rings (SSSR count). The molecule has 74 valence electrons. The molecule has 0 radical (unpaired) electrons. The van der Waals surface area contributed by atoms with Crippen LogP contribution < -0.4 is 0 Å². The Balaban J connectivity index is 3.62. The van der Waals surface area contributed by atoms with E-state index in [0.29, 0.717) is 5.57 Å². The molecule has 0 aromatic rings. The zero-order valence-electron chi connectivity index (χ0n) is 8.42. The van der Waals surface area contributed by atoms with Crippen LogP contribution in [0.1, 0.15) is 39.5 Å². The molecular weight excluding hydrogens is 164 g/mol. The third-order valence-corrected chi connectivity index (χ3v) is 1.79. The summed E-state index contributed by atoms with van der Waals surface area (Å²) in [5.41, 5.74) is 0.381. The van der Waals surface area contributed by atoms with Crippen LogP contribution in [0.15, 0.2) is 23.8 Å². The van der Waals surface area contributed by atoms with Gasteiger partial charge < -0.3 is 5.11 Å². The number of hydrogen-bond donors (Lipinski definition) is 1. The molecule has 0 spiro atoms. The highest BCUT2D eigenvalue weighted by molar-refractivity contribution is 5.86. The Kier molecular flexibility index (Phi) is 6.98. The maximum atomic E-state index is 10.4. The van der Waals surface area contributed by atoms with Crippen LogP contribution in [0.5, 0.6) is 0 Å². The molecule has 0 aliphatic rings. The first-order valence-corrected chi connectivity index (χ1v) is 4.75. The number of unbranched alkanes of at least 4 members (excludes halogenated alkanes) is 3. The number of hydrogen-bond acceptors (Lipinski definition) is 1. The van der Waals surface area contributed by atoms with Crippen molar-refractivity contribution in [3.05, 3.63) is 23.8 Å². The summed E-state index contributed by atoms with van der Waals surface area (Å²) in [6.07, 6.45) is 10.2. The van der Waals surface area contributed by atoms with Gasteiger partial charge >= 0.3 is 5.97 Å². The fraction of sp³-hybridized carbons (Fsp3) is 0.545. The van der Waals surface area contributed by atoms with E-state index in [1.165, 1.54) is 19.3 Å². The van der Waals surface area contributed by atoms with E-state index < -0.39 is 5.97 Å². The molecule has 0 unspecified atom stereocenters. The lowest BCUT2D eigenvalue weighted by Gasteiger charge is -1.91. The zero-order valence-corrected chi connectivity index (χ0v) is 8.42. The van der Waals surface area contributed by atoms with Crippen molar-refractivity contribution in [3.8, 4) is 0 Å². The summed E-state index contributed by atoms with van der Waals surface area (Å²) >= 11 is 0. The lowest BCUT2D eigenvalue weighted by atomic mass is 10.2. The molecule has 0 heterocycles. The molecule has 0 saturated heterocycles. The number of carboxylic acids is 1. The van der Waals surface area contributed by atoms with Crippen LogP contribution in [0.3, 0.4) is 0 Å². The van der Waals surface area contributed by atoms with Gasteiger partial charge in [-0.05, 0) is 19.8 Å². The average Bonchev–Trinajstić information content (AvgIpc) is 2.10. The van der Waals surface area contributed by atoms with Crippen LogP contribution >= 0.6 is 0 Å². The number of allylic oxidation sites excluding steroid dienone is 3. The molecule has 0 amide bonds. The maximum absolute atomic E-state index is 10.4. The van der Waals surface area contributed by atoms with Gasteiger partial charge in [-0.25, -0.2) is 4.79 Å². The second-order valence-electron chi connectivity index (χ2n) is 3.08. The Morgan fingerprint density at radius 2 is 2.08 bits per heavy atom. The van der Waals surface area contributed by atoms with Crippen molar-refractivity contribution in [2.45, 2.75) is 39.5 Å². The van der Waals surface area contributed by atoms with Crippen molar-refractivity contribution in [2.24, 2.45) is 0 Å². The Morgan fingerprint density at radius 1 is 1.38 bits per heavy atom. The van der Waals surface area contributed by atoms with E-state index in [0.717, 1.165) is 6.42 Å². The van der Waals surface area contributed by atoms with Crippen molar-refractivity contribution >= 4 is 5.97 Å². The van der Waals surface area contributed by atoms with E-state index in [1.807, 2.05) is 12.2 Å². The fourth-order valence-corrected chi connectivity index (χ4v) is 0.892. The van der Waals surface area contributed by atoms with E-state index in [-0.39, 0.29) is 0 Å². The number of aliphatic carboxylic acids is 1. The van der Waals surface area contributed by atoms with E-state index in [9.17, 15) is 4.79 Å². The molecule has 0 aromatic heterocycles. The Morgan fingerprint density at radius 3 is 2.62 bits per heavy atom. The topological polar surface area (TPSA) is 37.3 Å². The summed E-state index contributed by atoms with van der Waals surface area (Å²) < 4.78 is 0. The van der Waals surface area contributed by atoms with E-state index >= 15 is 0 Å². The van der Waals surface area contributed by atoms with Crippen LogP contribution in [0.25, 0.3) is 0 Å². The van der Waals surface area contributed by atoms with Crippen LogP contribution in [-0.4, -0.2) is 11.1 Å². The first-order chi connectivity index (χ1) is 6.18. The molecule has 0 aliphatic carbocycles. The van der Waals surface area contributed by atoms with E-state index in [4.69, 9.17) is 5.11 Å². The number of carbonyl (C=O) groups is 1. The first kappa shape index (κ1) is 11.9. The summed E-state index contributed by atoms with van der Waals surface area (Å²) in [4.78, 5) is 10.4. The molecule has 0 bridgehead atoms. The smallest absolute Gasteiger partial charge is 0.331 e. The summed E-state index contributed by atoms with van der Waals surface area (Å²) in [5.74, 6) is -0.849. The van der Waals surface area contributed by atoms with Gasteiger partial charge in [0.1, 0.15) is 0 Å². The van der Waals surface area contributed by atoms with Gasteiger partial charge in [0.2, 0.25) is 0 Å². The van der Waals surface area contributed by atoms with Crippen LogP contribution in [-0.2, 0) is 4.79 Å². The Labute approximate surface area is 80.0 Å². The average molecular weight is 182 g/mol. The fourth-order valence-electron chi connectivity index (χ4n) is 0.892. The maximum Gasteiger partial charge on any atom is 0.331 e. The van der Waals surface area contributed by atoms with Crippen LogP contribution in [0, 0.1) is 0 Å². The second kappa shape index (κ2) is 7.59. The van der Waals surface area contributed by atoms with Crippen molar-refractivity contribution in [1.29, 1.82) is 0 Å². The van der Waals surface area contributed by atoms with Crippen LogP contribution in [0.2, 0.25) is 0 Å². The minimum atomic E-state index is -0.849. The van der Waals surface area contributed by atoms with Crippen molar-refractivity contribution in [2.75, 3.05) is 0 Å². The normalized spacial score (nSPS) is 12.3. The van der Waals surface area contributed by atoms with Gasteiger partial charge in [0.05, 0.1) is 0 Å². The second-order valence-corrected chi connectivity index (χ2v) is 3.08. The third kappa shape index (κ3) is 7.32. The first-order valence-electron chi connectivity index (χ1n) is 4.75. The quantitative estimate of drug-likeness (QED) is 0.389. The van der Waals surface area contributed by atoms with Gasteiger partial charge in [0, 0.05) is 5.57 Å². The molecule has 2 heteroatoms. The summed E-state index contributed by atoms with van der Waals surface area (Å²) in [6, 6.07) is 0. The Bertz CT molecular complexity index is 202. The van der Waals surface area contributed by atoms with Crippen molar-refractivity contribution in [1.82, 2.24) is 0 Å². The van der Waals surface area contributed by atoms with Gasteiger partial charge in [-0.2, -0.15) is 0 Å². The monoisotopic (exact) mass is 182 g/mol. The summed E-state index contributed by atoms with van der Waals surface area (Å²) in [6.45, 7) is 3.76. The Hall–Kier alpha value is -1.05. The van der Waals surface area contributed by atoms with Gasteiger partial charge in [-0.1, -0.05) is 38.0 Å². The molecule has 0 atom stereocenters. The number of carboxylic acid groups (broad SMARTS) is 1. The van der Waals surface area contributed by atoms with E-state index in [1.54, 1.807) is 13.0 Å². The predicted octanol–water partition coefficient (Wildman–Crippen LogP) is 3.15. The molecule has 0 saturated carbocycles. The van der Waals surface area contributed by atoms with Gasteiger partial charge in [-0.3, -0.25) is 0 Å². The third-order valence-electron chi connectivity index (χ3n) is 1.79. The molecule has 0 aliphatic heterocycles. The lowest BCUT2D eigenvalue weighted by molar-refractivity contribution is -0.132. The van der Waals surface area contributed by atoms with Gasteiger partial charge in [0.25, 0.3) is 0 Å². The van der Waals surface area contributed by atoms with Gasteiger partial charge in [-0.15, -0.1) is 0 Å². The standard InChI is InChI=1S/C11H18O2/c1-3-4-5-6-7-8-9-10(2)11(12)13/h7-9H,3-6H2,1-2H3,(H,12,13)/b8-7?,10-9-. The van der Waals surface area contributed by atoms with E-state index in [2.05, 4.69) is 6.92 Å². The summed E-state index contributed by atoms with van der Waals surface area (Å²) in [7, 11) is 0. The van der Waals surface area contributed by atoms with Crippen molar-refractivity contribution < 1.29 is 9.90 Å².